The summed E-state index contributed by atoms with van der Waals surface area (Å²) in [6, 6.07) is 23.3. The lowest BCUT2D eigenvalue weighted by Gasteiger charge is -2.24. The number of para-hydroxylation sites is 2. The molecule has 3 aromatic carbocycles. The number of benzene rings is 3. The van der Waals surface area contributed by atoms with Crippen LogP contribution in [0.3, 0.4) is 0 Å². The molecule has 2 N–H and O–H groups in total. The monoisotopic (exact) mass is 389 g/mol. The summed E-state index contributed by atoms with van der Waals surface area (Å²) in [6.45, 7) is 3.77. The Balaban J connectivity index is 1.81. The van der Waals surface area contributed by atoms with Crippen LogP contribution in [-0.2, 0) is 4.79 Å². The number of carbonyl (C=O) groups is 1. The molecule has 0 saturated heterocycles. The van der Waals surface area contributed by atoms with E-state index in [2.05, 4.69) is 10.6 Å². The Morgan fingerprint density at radius 2 is 1.48 bits per heavy atom. The smallest absolute Gasteiger partial charge is 0.292 e. The van der Waals surface area contributed by atoms with E-state index in [9.17, 15) is 14.9 Å². The Bertz CT molecular complexity index is 988. The maximum Gasteiger partial charge on any atom is 0.292 e. The predicted octanol–water partition coefficient (Wildman–Crippen LogP) is 4.61. The van der Waals surface area contributed by atoms with Gasteiger partial charge in [-0.2, -0.15) is 0 Å². The van der Waals surface area contributed by atoms with E-state index in [0.29, 0.717) is 0 Å². The second kappa shape index (κ2) is 9.12. The SMILES string of the molecule is Cc1ccc([C@@H](N[C@H](C)C(=O)Nc2ccccc2[N+](=O)[O-])c2ccccc2)cc1. The highest BCUT2D eigenvalue weighted by atomic mass is 16.6. The Kier molecular flexibility index (Phi) is 6.36. The largest absolute Gasteiger partial charge is 0.319 e. The number of nitrogens with zero attached hydrogens (tertiary/aromatic N) is 1. The van der Waals surface area contributed by atoms with Crippen LogP contribution in [0.1, 0.15) is 29.7 Å². The van der Waals surface area contributed by atoms with Crippen molar-refractivity contribution in [2.24, 2.45) is 0 Å². The van der Waals surface area contributed by atoms with Crippen molar-refractivity contribution in [3.8, 4) is 0 Å². The summed E-state index contributed by atoms with van der Waals surface area (Å²) < 4.78 is 0. The van der Waals surface area contributed by atoms with Crippen LogP contribution >= 0.6 is 0 Å². The van der Waals surface area contributed by atoms with Crippen LogP contribution in [0.4, 0.5) is 11.4 Å². The fourth-order valence-corrected chi connectivity index (χ4v) is 3.09. The van der Waals surface area contributed by atoms with Gasteiger partial charge in [0.1, 0.15) is 5.69 Å². The number of nitro benzene ring substituents is 1. The van der Waals surface area contributed by atoms with Gasteiger partial charge >= 0.3 is 0 Å². The Morgan fingerprint density at radius 3 is 2.14 bits per heavy atom. The molecule has 29 heavy (non-hydrogen) atoms. The van der Waals surface area contributed by atoms with Gasteiger partial charge in [-0.15, -0.1) is 0 Å². The van der Waals surface area contributed by atoms with Crippen LogP contribution in [0.15, 0.2) is 78.9 Å². The van der Waals surface area contributed by atoms with Crippen molar-refractivity contribution in [2.45, 2.75) is 25.9 Å². The van der Waals surface area contributed by atoms with Crippen molar-refractivity contribution >= 4 is 17.3 Å². The molecule has 3 rings (SSSR count). The number of hydrogen-bond acceptors (Lipinski definition) is 4. The van der Waals surface area contributed by atoms with Gasteiger partial charge in [0.15, 0.2) is 0 Å². The zero-order chi connectivity index (χ0) is 20.8. The van der Waals surface area contributed by atoms with Gasteiger partial charge in [-0.1, -0.05) is 72.3 Å². The molecule has 3 aromatic rings. The molecule has 6 heteroatoms. The van der Waals surface area contributed by atoms with Crippen LogP contribution in [0.5, 0.6) is 0 Å². The Morgan fingerprint density at radius 1 is 0.897 bits per heavy atom. The standard InChI is InChI=1S/C23H23N3O3/c1-16-12-14-19(15-13-16)22(18-8-4-3-5-9-18)24-17(2)23(27)25-20-10-6-7-11-21(20)26(28)29/h3-15,17,22,24H,1-2H3,(H,25,27)/t17-,22+/m1/s1. The molecule has 0 aliphatic carbocycles. The molecule has 6 nitrogen and oxygen atoms in total. The summed E-state index contributed by atoms with van der Waals surface area (Å²) in [4.78, 5) is 23.4. The molecule has 148 valence electrons. The summed E-state index contributed by atoms with van der Waals surface area (Å²) in [6.07, 6.45) is 0. The summed E-state index contributed by atoms with van der Waals surface area (Å²) in [5.41, 5.74) is 3.27. The lowest BCUT2D eigenvalue weighted by Crippen LogP contribution is -2.40. The molecule has 0 heterocycles. The number of hydrogen-bond donors (Lipinski definition) is 2. The van der Waals surface area contributed by atoms with Crippen LogP contribution in [-0.4, -0.2) is 16.9 Å². The number of nitrogens with one attached hydrogen (secondary N) is 2. The van der Waals surface area contributed by atoms with E-state index >= 15 is 0 Å². The van der Waals surface area contributed by atoms with Gasteiger partial charge in [-0.3, -0.25) is 20.2 Å². The molecule has 0 fully saturated rings. The van der Waals surface area contributed by atoms with E-state index in [4.69, 9.17) is 0 Å². The summed E-state index contributed by atoms with van der Waals surface area (Å²) in [5, 5.41) is 17.2. The molecule has 0 radical (unpaired) electrons. The number of rotatable bonds is 7. The third-order valence-electron chi connectivity index (χ3n) is 4.71. The zero-order valence-corrected chi connectivity index (χ0v) is 16.3. The van der Waals surface area contributed by atoms with E-state index in [1.165, 1.54) is 12.1 Å². The Labute approximate surface area is 169 Å². The molecular weight excluding hydrogens is 366 g/mol. The van der Waals surface area contributed by atoms with E-state index in [1.807, 2.05) is 61.5 Å². The van der Waals surface area contributed by atoms with Crippen molar-refractivity contribution < 1.29 is 9.72 Å². The van der Waals surface area contributed by atoms with E-state index in [-0.39, 0.29) is 23.3 Å². The predicted molar refractivity (Wildman–Crippen MR) is 114 cm³/mol. The first-order valence-corrected chi connectivity index (χ1v) is 9.37. The van der Waals surface area contributed by atoms with E-state index in [0.717, 1.165) is 16.7 Å². The number of nitro groups is 1. The molecule has 2 atom stereocenters. The molecule has 0 aromatic heterocycles. The highest BCUT2D eigenvalue weighted by molar-refractivity contribution is 5.96. The summed E-state index contributed by atoms with van der Waals surface area (Å²) >= 11 is 0. The molecule has 0 aliphatic rings. The topological polar surface area (TPSA) is 84.3 Å². The molecule has 0 bridgehead atoms. The van der Waals surface area contributed by atoms with E-state index in [1.54, 1.807) is 19.1 Å². The fourth-order valence-electron chi connectivity index (χ4n) is 3.09. The average molecular weight is 389 g/mol. The van der Waals surface area contributed by atoms with Gasteiger partial charge in [0, 0.05) is 6.07 Å². The number of carbonyl (C=O) groups excluding carboxylic acids is 1. The molecule has 0 saturated carbocycles. The van der Waals surface area contributed by atoms with E-state index < -0.39 is 11.0 Å². The minimum Gasteiger partial charge on any atom is -0.319 e. The summed E-state index contributed by atoms with van der Waals surface area (Å²) in [7, 11) is 0. The highest BCUT2D eigenvalue weighted by Gasteiger charge is 2.23. The van der Waals surface area contributed by atoms with Gasteiger partial charge in [-0.05, 0) is 31.0 Å². The minimum absolute atomic E-state index is 0.133. The number of amides is 1. The Hall–Kier alpha value is -3.51. The third-order valence-corrected chi connectivity index (χ3v) is 4.71. The molecule has 1 amide bonds. The number of anilines is 1. The van der Waals surface area contributed by atoms with Crippen molar-refractivity contribution in [1.29, 1.82) is 0 Å². The van der Waals surface area contributed by atoms with Gasteiger partial charge in [0.25, 0.3) is 5.69 Å². The maximum atomic E-state index is 12.7. The lowest BCUT2D eigenvalue weighted by atomic mass is 9.97. The average Bonchev–Trinajstić information content (AvgIpc) is 2.73. The second-order valence-electron chi connectivity index (χ2n) is 6.91. The minimum atomic E-state index is -0.582. The maximum absolute atomic E-state index is 12.7. The fraction of sp³-hybridized carbons (Fsp3) is 0.174. The van der Waals surface area contributed by atoms with Crippen LogP contribution in [0.2, 0.25) is 0 Å². The molecular formula is C23H23N3O3. The van der Waals surface area contributed by atoms with Gasteiger partial charge in [-0.25, -0.2) is 0 Å². The van der Waals surface area contributed by atoms with Gasteiger partial charge in [0.05, 0.1) is 17.0 Å². The highest BCUT2D eigenvalue weighted by Crippen LogP contribution is 2.25. The lowest BCUT2D eigenvalue weighted by molar-refractivity contribution is -0.383. The van der Waals surface area contributed by atoms with Gasteiger partial charge < -0.3 is 5.32 Å². The van der Waals surface area contributed by atoms with Crippen molar-refractivity contribution in [1.82, 2.24) is 5.32 Å². The first kappa shape index (κ1) is 20.2. The first-order chi connectivity index (χ1) is 14.0. The second-order valence-corrected chi connectivity index (χ2v) is 6.91. The van der Waals surface area contributed by atoms with Crippen molar-refractivity contribution in [2.75, 3.05) is 5.32 Å². The molecule has 0 spiro atoms. The van der Waals surface area contributed by atoms with Crippen LogP contribution in [0, 0.1) is 17.0 Å². The molecule has 0 unspecified atom stereocenters. The normalized spacial score (nSPS) is 12.8. The third kappa shape index (κ3) is 5.06. The molecule has 0 aliphatic heterocycles. The van der Waals surface area contributed by atoms with Crippen molar-refractivity contribution in [3.05, 3.63) is 106 Å². The van der Waals surface area contributed by atoms with Crippen molar-refractivity contribution in [3.63, 3.8) is 0 Å². The quantitative estimate of drug-likeness (QED) is 0.456. The number of aryl methyl sites for hydroxylation is 1. The van der Waals surface area contributed by atoms with Gasteiger partial charge in [0.2, 0.25) is 5.91 Å². The van der Waals surface area contributed by atoms with Crippen LogP contribution in [0.25, 0.3) is 0 Å². The zero-order valence-electron chi connectivity index (χ0n) is 16.3. The first-order valence-electron chi connectivity index (χ1n) is 9.37. The van der Waals surface area contributed by atoms with Crippen LogP contribution < -0.4 is 10.6 Å². The summed E-state index contributed by atoms with van der Waals surface area (Å²) in [5.74, 6) is -0.340.